The van der Waals surface area contributed by atoms with Gasteiger partial charge in [-0.2, -0.15) is 0 Å². The number of hydrogen-bond donors (Lipinski definition) is 0. The predicted molar refractivity (Wildman–Crippen MR) is 101 cm³/mol. The van der Waals surface area contributed by atoms with Crippen molar-refractivity contribution in [3.63, 3.8) is 0 Å². The zero-order valence-electron chi connectivity index (χ0n) is 14.5. The monoisotopic (exact) mass is 300 g/mol. The highest BCUT2D eigenvalue weighted by Gasteiger charge is 2.38. The van der Waals surface area contributed by atoms with Crippen molar-refractivity contribution in [2.24, 2.45) is 0 Å². The lowest BCUT2D eigenvalue weighted by atomic mass is 9.75. The van der Waals surface area contributed by atoms with Gasteiger partial charge in [-0.1, -0.05) is 81.1 Å². The lowest BCUT2D eigenvalue weighted by Crippen LogP contribution is -2.18. The van der Waals surface area contributed by atoms with Crippen molar-refractivity contribution >= 4 is 11.1 Å². The van der Waals surface area contributed by atoms with Crippen LogP contribution >= 0.6 is 0 Å². The average molecular weight is 300 g/mol. The van der Waals surface area contributed by atoms with Crippen LogP contribution in [0.5, 0.6) is 0 Å². The van der Waals surface area contributed by atoms with Gasteiger partial charge in [-0.05, 0) is 52.8 Å². The number of fused-ring (bicyclic) bond motifs is 1. The molecule has 1 aliphatic rings. The first-order valence-corrected chi connectivity index (χ1v) is 8.22. The van der Waals surface area contributed by atoms with Crippen LogP contribution < -0.4 is 0 Å². The molecule has 0 N–H and O–H groups in total. The molecule has 1 aliphatic carbocycles. The van der Waals surface area contributed by atoms with Gasteiger partial charge in [-0.3, -0.25) is 0 Å². The van der Waals surface area contributed by atoms with Crippen molar-refractivity contribution < 1.29 is 0 Å². The Hall–Kier alpha value is -2.34. The van der Waals surface area contributed by atoms with Gasteiger partial charge < -0.3 is 0 Å². The summed E-state index contributed by atoms with van der Waals surface area (Å²) in [6.07, 6.45) is 4.26. The van der Waals surface area contributed by atoms with Gasteiger partial charge >= 0.3 is 0 Å². The van der Waals surface area contributed by atoms with E-state index >= 15 is 0 Å². The first-order chi connectivity index (χ1) is 11.0. The number of benzene rings is 2. The van der Waals surface area contributed by atoms with Crippen molar-refractivity contribution in [3.05, 3.63) is 95.1 Å². The summed E-state index contributed by atoms with van der Waals surface area (Å²) >= 11 is 0. The van der Waals surface area contributed by atoms with Crippen molar-refractivity contribution in [2.75, 3.05) is 0 Å². The van der Waals surface area contributed by atoms with E-state index in [1.54, 1.807) is 0 Å². The van der Waals surface area contributed by atoms with Crippen LogP contribution in [0.2, 0.25) is 0 Å². The highest BCUT2D eigenvalue weighted by molar-refractivity contribution is 5.99. The molecule has 0 saturated carbocycles. The summed E-state index contributed by atoms with van der Waals surface area (Å²) in [5.74, 6) is 0. The molecular formula is C23H24. The maximum atomic E-state index is 4.11. The van der Waals surface area contributed by atoms with Crippen LogP contribution in [-0.2, 0) is 5.41 Å². The molecule has 0 aromatic heterocycles. The zero-order valence-corrected chi connectivity index (χ0v) is 14.5. The van der Waals surface area contributed by atoms with E-state index in [2.05, 4.69) is 88.9 Å². The fourth-order valence-corrected chi connectivity index (χ4v) is 3.87. The maximum absolute atomic E-state index is 4.11. The molecule has 0 radical (unpaired) electrons. The Morgan fingerprint density at radius 1 is 1.00 bits per heavy atom. The topological polar surface area (TPSA) is 0 Å². The van der Waals surface area contributed by atoms with Crippen LogP contribution in [0.25, 0.3) is 11.1 Å². The summed E-state index contributed by atoms with van der Waals surface area (Å²) in [4.78, 5) is 0. The van der Waals surface area contributed by atoms with Gasteiger partial charge in [0.05, 0.1) is 0 Å². The summed E-state index contributed by atoms with van der Waals surface area (Å²) in [6.45, 7) is 13.1. The molecule has 116 valence electrons. The van der Waals surface area contributed by atoms with Crippen LogP contribution in [-0.4, -0.2) is 0 Å². The van der Waals surface area contributed by atoms with Crippen LogP contribution in [0.15, 0.2) is 72.8 Å². The smallest absolute Gasteiger partial charge is 0.0164 e. The molecule has 0 amide bonds. The van der Waals surface area contributed by atoms with E-state index in [0.29, 0.717) is 0 Å². The van der Waals surface area contributed by atoms with Crippen LogP contribution in [0.3, 0.4) is 0 Å². The van der Waals surface area contributed by atoms with Gasteiger partial charge in [0.15, 0.2) is 0 Å². The van der Waals surface area contributed by atoms with E-state index < -0.39 is 0 Å². The molecule has 0 bridgehead atoms. The molecule has 0 fully saturated rings. The fourth-order valence-electron chi connectivity index (χ4n) is 3.87. The Balaban J connectivity index is 2.30. The summed E-state index contributed by atoms with van der Waals surface area (Å²) in [6, 6.07) is 17.3. The van der Waals surface area contributed by atoms with Crippen LogP contribution in [0, 0.1) is 6.92 Å². The quantitative estimate of drug-likeness (QED) is 0.621. The van der Waals surface area contributed by atoms with E-state index in [-0.39, 0.29) is 5.41 Å². The van der Waals surface area contributed by atoms with Crippen molar-refractivity contribution in [1.82, 2.24) is 0 Å². The Labute approximate surface area is 139 Å². The van der Waals surface area contributed by atoms with Crippen molar-refractivity contribution in [2.45, 2.75) is 33.1 Å². The van der Waals surface area contributed by atoms with Crippen LogP contribution in [0.1, 0.15) is 43.0 Å². The van der Waals surface area contributed by atoms with Gasteiger partial charge in [-0.25, -0.2) is 0 Å². The Kier molecular flexibility index (Phi) is 3.85. The molecule has 0 unspecified atom stereocenters. The largest absolute Gasteiger partial charge is 0.0984 e. The summed E-state index contributed by atoms with van der Waals surface area (Å²) in [7, 11) is 0. The number of hydrogen-bond acceptors (Lipinski definition) is 0. The maximum Gasteiger partial charge on any atom is 0.0164 e. The Bertz CT molecular complexity index is 829. The third-order valence-corrected chi connectivity index (χ3v) is 4.98. The van der Waals surface area contributed by atoms with Gasteiger partial charge in [0.2, 0.25) is 0 Å². The summed E-state index contributed by atoms with van der Waals surface area (Å²) < 4.78 is 0. The third-order valence-electron chi connectivity index (χ3n) is 4.98. The second kappa shape index (κ2) is 5.70. The molecule has 0 saturated heterocycles. The SMILES string of the molecule is C=CC1=C(/C(=C\C)c2ccccc2C)C(C)(C)c2ccccc21. The lowest BCUT2D eigenvalue weighted by molar-refractivity contribution is 0.658. The molecule has 0 heteroatoms. The van der Waals surface area contributed by atoms with E-state index in [1.165, 1.54) is 39.0 Å². The zero-order chi connectivity index (χ0) is 16.6. The minimum Gasteiger partial charge on any atom is -0.0984 e. The van der Waals surface area contributed by atoms with Gasteiger partial charge in [0.25, 0.3) is 0 Å². The molecule has 0 heterocycles. The number of allylic oxidation sites excluding steroid dienone is 5. The van der Waals surface area contributed by atoms with Crippen molar-refractivity contribution in [1.29, 1.82) is 0 Å². The second-order valence-corrected chi connectivity index (χ2v) is 6.68. The predicted octanol–water partition coefficient (Wildman–Crippen LogP) is 6.33. The lowest BCUT2D eigenvalue weighted by Gasteiger charge is -2.27. The molecule has 0 nitrogen and oxygen atoms in total. The van der Waals surface area contributed by atoms with Crippen molar-refractivity contribution in [3.8, 4) is 0 Å². The molecule has 2 aromatic carbocycles. The molecular weight excluding hydrogens is 276 g/mol. The average Bonchev–Trinajstić information content (AvgIpc) is 2.78. The highest BCUT2D eigenvalue weighted by Crippen LogP contribution is 2.51. The normalized spacial score (nSPS) is 16.4. The van der Waals surface area contributed by atoms with E-state index in [1.807, 2.05) is 6.08 Å². The minimum absolute atomic E-state index is 0.0236. The van der Waals surface area contributed by atoms with E-state index in [9.17, 15) is 0 Å². The number of aryl methyl sites for hydroxylation is 1. The third kappa shape index (κ3) is 2.30. The standard InChI is InChI=1S/C23H24/c1-6-17(19-13-9-8-12-16(19)3)22-18(7-2)20-14-10-11-15-21(20)23(22,4)5/h6-15H,2H2,1,3-5H3/b17-6-. The molecule has 3 rings (SSSR count). The first kappa shape index (κ1) is 15.6. The van der Waals surface area contributed by atoms with E-state index in [0.717, 1.165) is 0 Å². The van der Waals surface area contributed by atoms with E-state index in [4.69, 9.17) is 0 Å². The Morgan fingerprint density at radius 3 is 2.30 bits per heavy atom. The molecule has 0 aliphatic heterocycles. The molecule has 2 aromatic rings. The summed E-state index contributed by atoms with van der Waals surface area (Å²) in [5.41, 5.74) is 9.26. The van der Waals surface area contributed by atoms with Crippen LogP contribution in [0.4, 0.5) is 0 Å². The minimum atomic E-state index is -0.0236. The molecule has 0 atom stereocenters. The first-order valence-electron chi connectivity index (χ1n) is 8.22. The second-order valence-electron chi connectivity index (χ2n) is 6.68. The fraction of sp³-hybridized carbons (Fsp3) is 0.217. The highest BCUT2D eigenvalue weighted by atomic mass is 14.4. The Morgan fingerprint density at radius 2 is 1.65 bits per heavy atom. The molecule has 0 spiro atoms. The van der Waals surface area contributed by atoms with Gasteiger partial charge in [-0.15, -0.1) is 0 Å². The van der Waals surface area contributed by atoms with Gasteiger partial charge in [0.1, 0.15) is 0 Å². The summed E-state index contributed by atoms with van der Waals surface area (Å²) in [5, 5.41) is 0. The number of rotatable bonds is 3. The van der Waals surface area contributed by atoms with Gasteiger partial charge in [0, 0.05) is 5.41 Å². The molecule has 23 heavy (non-hydrogen) atoms.